The van der Waals surface area contributed by atoms with Crippen LogP contribution in [0.2, 0.25) is 10.0 Å². The minimum absolute atomic E-state index is 0.242. The molecule has 0 aliphatic heterocycles. The monoisotopic (exact) mass is 260 g/mol. The molecule has 0 heterocycles. The quantitative estimate of drug-likeness (QED) is 0.476. The molecule has 0 saturated heterocycles. The third-order valence-corrected chi connectivity index (χ3v) is 2.41. The number of carbonyl (C=O) groups excluding carboxylic acids is 1. The number of hydrogen-bond acceptors (Lipinski definition) is 3. The molecule has 0 aromatic heterocycles. The van der Waals surface area contributed by atoms with Gasteiger partial charge < -0.3 is 9.47 Å². The van der Waals surface area contributed by atoms with Crippen molar-refractivity contribution in [2.75, 3.05) is 14.2 Å². The normalized spacial score (nSPS) is 11.1. The molecule has 1 rings (SSSR count). The molecule has 5 heteroatoms. The first-order valence-electron chi connectivity index (χ1n) is 4.37. The third-order valence-electron chi connectivity index (χ3n) is 1.86. The molecule has 16 heavy (non-hydrogen) atoms. The highest BCUT2D eigenvalue weighted by Gasteiger charge is 2.16. The fourth-order valence-corrected chi connectivity index (χ4v) is 1.67. The number of esters is 1. The van der Waals surface area contributed by atoms with Crippen LogP contribution >= 0.6 is 23.2 Å². The van der Waals surface area contributed by atoms with Crippen molar-refractivity contribution in [2.45, 2.75) is 0 Å². The zero-order valence-electron chi connectivity index (χ0n) is 8.79. The number of hydrogen-bond donors (Lipinski definition) is 0. The van der Waals surface area contributed by atoms with E-state index in [-0.39, 0.29) is 5.57 Å². The van der Waals surface area contributed by atoms with Gasteiger partial charge in [-0.15, -0.1) is 0 Å². The van der Waals surface area contributed by atoms with Crippen LogP contribution in [0.15, 0.2) is 24.5 Å². The van der Waals surface area contributed by atoms with E-state index in [2.05, 4.69) is 4.74 Å². The maximum atomic E-state index is 11.5. The minimum Gasteiger partial charge on any atom is -0.503 e. The molecule has 0 amide bonds. The predicted molar refractivity (Wildman–Crippen MR) is 63.5 cm³/mol. The largest absolute Gasteiger partial charge is 0.503 e. The Labute approximate surface area is 104 Å². The van der Waals surface area contributed by atoms with E-state index in [1.54, 1.807) is 18.2 Å². The second kappa shape index (κ2) is 5.77. The highest BCUT2D eigenvalue weighted by Crippen LogP contribution is 2.27. The molecule has 0 bridgehead atoms. The van der Waals surface area contributed by atoms with Gasteiger partial charge in [0.2, 0.25) is 0 Å². The van der Waals surface area contributed by atoms with Crippen molar-refractivity contribution in [1.82, 2.24) is 0 Å². The van der Waals surface area contributed by atoms with Gasteiger partial charge in [0.15, 0.2) is 0 Å². The Morgan fingerprint density at radius 2 is 2.00 bits per heavy atom. The van der Waals surface area contributed by atoms with Crippen LogP contribution in [-0.4, -0.2) is 20.2 Å². The number of carbonyl (C=O) groups is 1. The van der Waals surface area contributed by atoms with Crippen molar-refractivity contribution in [1.29, 1.82) is 0 Å². The van der Waals surface area contributed by atoms with Gasteiger partial charge in [0.25, 0.3) is 0 Å². The summed E-state index contributed by atoms with van der Waals surface area (Å²) in [6.45, 7) is 0. The number of rotatable bonds is 3. The molecule has 0 atom stereocenters. The molecule has 3 nitrogen and oxygen atoms in total. The summed E-state index contributed by atoms with van der Waals surface area (Å²) < 4.78 is 9.44. The molecular weight excluding hydrogens is 251 g/mol. The molecule has 0 spiro atoms. The van der Waals surface area contributed by atoms with Crippen LogP contribution in [0.5, 0.6) is 0 Å². The van der Waals surface area contributed by atoms with Crippen molar-refractivity contribution in [3.05, 3.63) is 40.1 Å². The van der Waals surface area contributed by atoms with Gasteiger partial charge in [-0.25, -0.2) is 4.79 Å². The van der Waals surface area contributed by atoms with Crippen LogP contribution in [-0.2, 0) is 14.3 Å². The van der Waals surface area contributed by atoms with E-state index >= 15 is 0 Å². The molecular formula is C11H10Cl2O3. The van der Waals surface area contributed by atoms with E-state index in [0.717, 1.165) is 0 Å². The lowest BCUT2D eigenvalue weighted by Crippen LogP contribution is -2.04. The fraction of sp³-hybridized carbons (Fsp3) is 0.182. The van der Waals surface area contributed by atoms with Gasteiger partial charge >= 0.3 is 5.97 Å². The van der Waals surface area contributed by atoms with Gasteiger partial charge in [0, 0.05) is 10.6 Å². The van der Waals surface area contributed by atoms with Gasteiger partial charge in [-0.1, -0.05) is 29.3 Å². The number of halogens is 2. The summed E-state index contributed by atoms with van der Waals surface area (Å²) >= 11 is 11.7. The Bertz CT molecular complexity index is 427. The summed E-state index contributed by atoms with van der Waals surface area (Å²) in [6.07, 6.45) is 1.28. The van der Waals surface area contributed by atoms with Crippen molar-refractivity contribution >= 4 is 34.7 Å². The van der Waals surface area contributed by atoms with Gasteiger partial charge in [-0.3, -0.25) is 0 Å². The molecule has 86 valence electrons. The minimum atomic E-state index is -0.522. The number of methoxy groups -OCH3 is 2. The molecule has 0 N–H and O–H groups in total. The SMILES string of the molecule is COC=C(C(=O)OC)c1ccc(Cl)cc1Cl. The topological polar surface area (TPSA) is 35.5 Å². The Hall–Kier alpha value is -1.19. The van der Waals surface area contributed by atoms with Crippen LogP contribution in [0.3, 0.4) is 0 Å². The first-order chi connectivity index (χ1) is 7.60. The highest BCUT2D eigenvalue weighted by atomic mass is 35.5. The zero-order chi connectivity index (χ0) is 12.1. The van der Waals surface area contributed by atoms with Gasteiger partial charge in [-0.05, 0) is 12.1 Å². The molecule has 0 aliphatic carbocycles. The molecule has 0 aliphatic rings. The van der Waals surface area contributed by atoms with Crippen LogP contribution < -0.4 is 0 Å². The van der Waals surface area contributed by atoms with Crippen LogP contribution in [0.1, 0.15) is 5.56 Å². The molecule has 0 fully saturated rings. The van der Waals surface area contributed by atoms with Crippen LogP contribution in [0, 0.1) is 0 Å². The van der Waals surface area contributed by atoms with E-state index < -0.39 is 5.97 Å². The van der Waals surface area contributed by atoms with Crippen molar-refractivity contribution in [2.24, 2.45) is 0 Å². The van der Waals surface area contributed by atoms with Crippen LogP contribution in [0.25, 0.3) is 5.57 Å². The summed E-state index contributed by atoms with van der Waals surface area (Å²) in [4.78, 5) is 11.5. The lowest BCUT2D eigenvalue weighted by molar-refractivity contribution is -0.133. The van der Waals surface area contributed by atoms with Crippen molar-refractivity contribution < 1.29 is 14.3 Å². The summed E-state index contributed by atoms with van der Waals surface area (Å²) in [7, 11) is 2.72. The second-order valence-corrected chi connectivity index (χ2v) is 3.73. The van der Waals surface area contributed by atoms with E-state index in [1.165, 1.54) is 20.5 Å². The lowest BCUT2D eigenvalue weighted by atomic mass is 10.1. The van der Waals surface area contributed by atoms with Gasteiger partial charge in [-0.2, -0.15) is 0 Å². The van der Waals surface area contributed by atoms with Crippen molar-refractivity contribution in [3.63, 3.8) is 0 Å². The lowest BCUT2D eigenvalue weighted by Gasteiger charge is -2.07. The van der Waals surface area contributed by atoms with E-state index in [1.807, 2.05) is 0 Å². The summed E-state index contributed by atoms with van der Waals surface area (Å²) in [5.74, 6) is -0.522. The summed E-state index contributed by atoms with van der Waals surface area (Å²) in [5, 5.41) is 0.858. The highest BCUT2D eigenvalue weighted by molar-refractivity contribution is 6.37. The first kappa shape index (κ1) is 12.9. The van der Waals surface area contributed by atoms with Crippen molar-refractivity contribution in [3.8, 4) is 0 Å². The molecule has 1 aromatic carbocycles. The second-order valence-electron chi connectivity index (χ2n) is 2.88. The third kappa shape index (κ3) is 2.90. The Morgan fingerprint density at radius 1 is 1.31 bits per heavy atom. The average molecular weight is 261 g/mol. The summed E-state index contributed by atoms with van der Waals surface area (Å²) in [5.41, 5.74) is 0.756. The van der Waals surface area contributed by atoms with Gasteiger partial charge in [0.1, 0.15) is 5.57 Å². The zero-order valence-corrected chi connectivity index (χ0v) is 10.3. The van der Waals surface area contributed by atoms with E-state index in [0.29, 0.717) is 15.6 Å². The Balaban J connectivity index is 3.22. The molecule has 0 saturated carbocycles. The number of ether oxygens (including phenoxy) is 2. The average Bonchev–Trinajstić information content (AvgIpc) is 2.26. The smallest absolute Gasteiger partial charge is 0.341 e. The first-order valence-corrected chi connectivity index (χ1v) is 5.12. The molecule has 0 unspecified atom stereocenters. The van der Waals surface area contributed by atoms with Gasteiger partial charge in [0.05, 0.1) is 25.5 Å². The van der Waals surface area contributed by atoms with E-state index in [9.17, 15) is 4.79 Å². The molecule has 0 radical (unpaired) electrons. The van der Waals surface area contributed by atoms with Crippen LogP contribution in [0.4, 0.5) is 0 Å². The molecule has 1 aromatic rings. The summed E-state index contributed by atoms with van der Waals surface area (Å²) in [6, 6.07) is 4.81. The Kier molecular flexibility index (Phi) is 4.65. The maximum absolute atomic E-state index is 11.5. The maximum Gasteiger partial charge on any atom is 0.341 e. The standard InChI is InChI=1S/C11H10Cl2O3/c1-15-6-9(11(14)16-2)8-4-3-7(12)5-10(8)13/h3-6H,1-2H3. The fourth-order valence-electron chi connectivity index (χ4n) is 1.16. The number of benzene rings is 1. The predicted octanol–water partition coefficient (Wildman–Crippen LogP) is 3.15. The Morgan fingerprint density at radius 3 is 2.50 bits per heavy atom. The van der Waals surface area contributed by atoms with E-state index in [4.69, 9.17) is 27.9 Å².